The molecule has 0 bridgehead atoms. The van der Waals surface area contributed by atoms with Crippen LogP contribution in [0.1, 0.15) is 53.4 Å². The molecule has 0 radical (unpaired) electrons. The van der Waals surface area contributed by atoms with Gasteiger partial charge in [-0.3, -0.25) is 0 Å². The van der Waals surface area contributed by atoms with Gasteiger partial charge in [-0.1, -0.05) is 27.7 Å². The van der Waals surface area contributed by atoms with Gasteiger partial charge in [0.1, 0.15) is 0 Å². The van der Waals surface area contributed by atoms with Gasteiger partial charge in [0.15, 0.2) is 0 Å². The van der Waals surface area contributed by atoms with Crippen LogP contribution in [-0.2, 0) is 0 Å². The molecule has 3 rings (SSSR count). The standard InChI is InChI=1S/C15H26O/c1-14(2)8-11-10-7-9(10)5-6-12(16)13(11)15(14,3)4/h9-13,16H,5-8H2,1-4H3. The molecule has 1 heteroatoms. The average molecular weight is 222 g/mol. The summed E-state index contributed by atoms with van der Waals surface area (Å²) in [4.78, 5) is 0. The summed E-state index contributed by atoms with van der Waals surface area (Å²) in [5.41, 5.74) is 0.697. The molecule has 1 nitrogen and oxygen atoms in total. The van der Waals surface area contributed by atoms with Crippen LogP contribution in [0.15, 0.2) is 0 Å². The van der Waals surface area contributed by atoms with Crippen molar-refractivity contribution in [2.45, 2.75) is 59.5 Å². The highest BCUT2D eigenvalue weighted by atomic mass is 16.3. The van der Waals surface area contributed by atoms with Crippen molar-refractivity contribution in [2.24, 2.45) is 34.5 Å². The first kappa shape index (κ1) is 11.1. The fourth-order valence-corrected chi connectivity index (χ4v) is 4.84. The first-order valence-electron chi connectivity index (χ1n) is 7.03. The third-order valence-electron chi connectivity index (χ3n) is 6.56. The summed E-state index contributed by atoms with van der Waals surface area (Å²) in [5, 5.41) is 10.5. The van der Waals surface area contributed by atoms with E-state index >= 15 is 0 Å². The Bertz CT molecular complexity index is 305. The lowest BCUT2D eigenvalue weighted by Crippen LogP contribution is -2.38. The third-order valence-corrected chi connectivity index (χ3v) is 6.56. The first-order chi connectivity index (χ1) is 7.34. The van der Waals surface area contributed by atoms with Gasteiger partial charge in [-0.15, -0.1) is 0 Å². The van der Waals surface area contributed by atoms with Gasteiger partial charge in [-0.05, 0) is 60.2 Å². The molecule has 1 N–H and O–H groups in total. The van der Waals surface area contributed by atoms with Gasteiger partial charge in [-0.25, -0.2) is 0 Å². The van der Waals surface area contributed by atoms with E-state index in [9.17, 15) is 5.11 Å². The topological polar surface area (TPSA) is 20.2 Å². The Hall–Kier alpha value is -0.0400. The van der Waals surface area contributed by atoms with Gasteiger partial charge < -0.3 is 5.11 Å². The Morgan fingerprint density at radius 3 is 2.38 bits per heavy atom. The molecule has 0 aromatic rings. The van der Waals surface area contributed by atoms with E-state index < -0.39 is 0 Å². The van der Waals surface area contributed by atoms with E-state index in [4.69, 9.17) is 0 Å². The van der Waals surface area contributed by atoms with Gasteiger partial charge >= 0.3 is 0 Å². The van der Waals surface area contributed by atoms with E-state index in [1.807, 2.05) is 0 Å². The predicted molar refractivity (Wildman–Crippen MR) is 66.0 cm³/mol. The van der Waals surface area contributed by atoms with Gasteiger partial charge in [0.25, 0.3) is 0 Å². The molecule has 3 fully saturated rings. The number of fused-ring (bicyclic) bond motifs is 3. The minimum atomic E-state index is -0.0328. The molecule has 3 aliphatic carbocycles. The van der Waals surface area contributed by atoms with E-state index in [1.54, 1.807) is 0 Å². The normalized spacial score (nSPS) is 52.7. The molecule has 3 saturated carbocycles. The fraction of sp³-hybridized carbons (Fsp3) is 1.00. The van der Waals surface area contributed by atoms with E-state index in [0.29, 0.717) is 16.7 Å². The van der Waals surface area contributed by atoms with E-state index in [0.717, 1.165) is 24.2 Å². The third kappa shape index (κ3) is 1.27. The molecule has 16 heavy (non-hydrogen) atoms. The lowest BCUT2D eigenvalue weighted by Gasteiger charge is -2.41. The number of hydrogen-bond acceptors (Lipinski definition) is 1. The lowest BCUT2D eigenvalue weighted by molar-refractivity contribution is -0.00371. The molecule has 0 amide bonds. The fourth-order valence-electron chi connectivity index (χ4n) is 4.84. The summed E-state index contributed by atoms with van der Waals surface area (Å²) in [6, 6.07) is 0. The lowest BCUT2D eigenvalue weighted by atomic mass is 9.65. The Morgan fingerprint density at radius 1 is 1.00 bits per heavy atom. The SMILES string of the molecule is CC1(C)CC2C3CC3CCC(O)C2C1(C)C. The van der Waals surface area contributed by atoms with E-state index in [1.165, 1.54) is 19.3 Å². The van der Waals surface area contributed by atoms with Crippen LogP contribution in [0.2, 0.25) is 0 Å². The summed E-state index contributed by atoms with van der Waals surface area (Å²) in [6.07, 6.45) is 5.11. The van der Waals surface area contributed by atoms with Crippen molar-refractivity contribution < 1.29 is 5.11 Å². The monoisotopic (exact) mass is 222 g/mol. The quantitative estimate of drug-likeness (QED) is 0.665. The molecule has 0 aliphatic heterocycles. The van der Waals surface area contributed by atoms with Crippen molar-refractivity contribution in [3.8, 4) is 0 Å². The second kappa shape index (κ2) is 3.04. The van der Waals surface area contributed by atoms with Crippen LogP contribution in [0.5, 0.6) is 0 Å². The highest BCUT2D eigenvalue weighted by Gasteiger charge is 2.62. The van der Waals surface area contributed by atoms with Gasteiger partial charge in [-0.2, -0.15) is 0 Å². The van der Waals surface area contributed by atoms with E-state index in [2.05, 4.69) is 27.7 Å². The molecule has 5 unspecified atom stereocenters. The molecular formula is C15H26O. The molecule has 92 valence electrons. The van der Waals surface area contributed by atoms with Crippen molar-refractivity contribution in [1.29, 1.82) is 0 Å². The molecule has 0 aromatic carbocycles. The summed E-state index contributed by atoms with van der Waals surface area (Å²) < 4.78 is 0. The summed E-state index contributed by atoms with van der Waals surface area (Å²) in [6.45, 7) is 9.60. The van der Waals surface area contributed by atoms with Crippen LogP contribution in [0.4, 0.5) is 0 Å². The summed E-state index contributed by atoms with van der Waals surface area (Å²) in [5.74, 6) is 3.30. The Balaban J connectivity index is 1.97. The summed E-state index contributed by atoms with van der Waals surface area (Å²) >= 11 is 0. The second-order valence-corrected chi connectivity index (χ2v) is 7.80. The zero-order valence-electron chi connectivity index (χ0n) is 11.2. The molecule has 5 atom stereocenters. The van der Waals surface area contributed by atoms with Crippen molar-refractivity contribution >= 4 is 0 Å². The zero-order valence-corrected chi connectivity index (χ0v) is 11.2. The van der Waals surface area contributed by atoms with Crippen LogP contribution in [0, 0.1) is 34.5 Å². The Labute approximate surface area is 99.6 Å². The highest BCUT2D eigenvalue weighted by molar-refractivity contribution is 5.11. The Morgan fingerprint density at radius 2 is 1.69 bits per heavy atom. The maximum Gasteiger partial charge on any atom is 0.0576 e. The van der Waals surface area contributed by atoms with Gasteiger partial charge in [0.2, 0.25) is 0 Å². The average Bonchev–Trinajstić information content (AvgIpc) is 2.87. The van der Waals surface area contributed by atoms with Crippen LogP contribution in [0.3, 0.4) is 0 Å². The second-order valence-electron chi connectivity index (χ2n) is 7.80. The van der Waals surface area contributed by atoms with Crippen LogP contribution < -0.4 is 0 Å². The van der Waals surface area contributed by atoms with Gasteiger partial charge in [0, 0.05) is 0 Å². The van der Waals surface area contributed by atoms with Crippen molar-refractivity contribution in [3.63, 3.8) is 0 Å². The molecule has 0 aromatic heterocycles. The number of aliphatic hydroxyl groups excluding tert-OH is 1. The maximum atomic E-state index is 10.5. The molecular weight excluding hydrogens is 196 g/mol. The zero-order chi connectivity index (χ0) is 11.7. The minimum absolute atomic E-state index is 0.0328. The molecule has 0 heterocycles. The molecule has 0 spiro atoms. The van der Waals surface area contributed by atoms with Crippen LogP contribution in [0.25, 0.3) is 0 Å². The largest absolute Gasteiger partial charge is 0.393 e. The minimum Gasteiger partial charge on any atom is -0.393 e. The molecule has 0 saturated heterocycles. The predicted octanol–water partition coefficient (Wildman–Crippen LogP) is 3.47. The smallest absolute Gasteiger partial charge is 0.0576 e. The summed E-state index contributed by atoms with van der Waals surface area (Å²) in [7, 11) is 0. The highest BCUT2D eigenvalue weighted by Crippen LogP contribution is 2.67. The first-order valence-corrected chi connectivity index (χ1v) is 7.03. The van der Waals surface area contributed by atoms with Gasteiger partial charge in [0.05, 0.1) is 6.10 Å². The maximum absolute atomic E-state index is 10.5. The number of aliphatic hydroxyl groups is 1. The van der Waals surface area contributed by atoms with Crippen molar-refractivity contribution in [3.05, 3.63) is 0 Å². The van der Waals surface area contributed by atoms with Crippen molar-refractivity contribution in [1.82, 2.24) is 0 Å². The number of hydrogen-bond donors (Lipinski definition) is 1. The Kier molecular flexibility index (Phi) is 2.11. The van der Waals surface area contributed by atoms with Crippen molar-refractivity contribution in [2.75, 3.05) is 0 Å². The van der Waals surface area contributed by atoms with Crippen LogP contribution >= 0.6 is 0 Å². The van der Waals surface area contributed by atoms with Crippen LogP contribution in [-0.4, -0.2) is 11.2 Å². The van der Waals surface area contributed by atoms with E-state index in [-0.39, 0.29) is 6.10 Å². The number of rotatable bonds is 0. The molecule has 3 aliphatic rings.